The fraction of sp³-hybridized carbons (Fsp3) is 1.00. The SMILES string of the molecule is CCN(CCCCCCNC1CC1)CC1CC1. The third-order valence-corrected chi connectivity index (χ3v) is 4.07. The van der Waals surface area contributed by atoms with Gasteiger partial charge in [0.15, 0.2) is 0 Å². The quantitative estimate of drug-likeness (QED) is 0.557. The van der Waals surface area contributed by atoms with Crippen molar-refractivity contribution in [3.63, 3.8) is 0 Å². The predicted molar refractivity (Wildman–Crippen MR) is 74.3 cm³/mol. The lowest BCUT2D eigenvalue weighted by Crippen LogP contribution is -2.26. The molecule has 2 aliphatic rings. The number of rotatable bonds is 11. The lowest BCUT2D eigenvalue weighted by molar-refractivity contribution is 0.269. The summed E-state index contributed by atoms with van der Waals surface area (Å²) >= 11 is 0. The van der Waals surface area contributed by atoms with E-state index in [-0.39, 0.29) is 0 Å². The van der Waals surface area contributed by atoms with Crippen molar-refractivity contribution >= 4 is 0 Å². The zero-order valence-electron chi connectivity index (χ0n) is 11.6. The molecule has 0 aromatic carbocycles. The maximum absolute atomic E-state index is 3.59. The molecule has 1 N–H and O–H groups in total. The molecule has 0 aliphatic heterocycles. The number of hydrogen-bond acceptors (Lipinski definition) is 2. The number of nitrogens with zero attached hydrogens (tertiary/aromatic N) is 1. The number of nitrogens with one attached hydrogen (secondary N) is 1. The van der Waals surface area contributed by atoms with E-state index in [2.05, 4.69) is 17.1 Å². The van der Waals surface area contributed by atoms with Gasteiger partial charge in [0.1, 0.15) is 0 Å². The summed E-state index contributed by atoms with van der Waals surface area (Å²) in [7, 11) is 0. The molecule has 2 fully saturated rings. The number of hydrogen-bond donors (Lipinski definition) is 1. The van der Waals surface area contributed by atoms with Gasteiger partial charge in [0.2, 0.25) is 0 Å². The first-order chi connectivity index (χ1) is 8.38. The van der Waals surface area contributed by atoms with E-state index in [0.29, 0.717) is 0 Å². The first-order valence-corrected chi connectivity index (χ1v) is 7.84. The van der Waals surface area contributed by atoms with Crippen molar-refractivity contribution in [3.05, 3.63) is 0 Å². The molecule has 0 heterocycles. The molecule has 2 aliphatic carbocycles. The van der Waals surface area contributed by atoms with Gasteiger partial charge in [0, 0.05) is 12.6 Å². The highest BCUT2D eigenvalue weighted by Crippen LogP contribution is 2.29. The van der Waals surface area contributed by atoms with Gasteiger partial charge in [-0.2, -0.15) is 0 Å². The van der Waals surface area contributed by atoms with Crippen LogP contribution in [0.3, 0.4) is 0 Å². The van der Waals surface area contributed by atoms with E-state index >= 15 is 0 Å². The molecule has 100 valence electrons. The van der Waals surface area contributed by atoms with E-state index in [1.165, 1.54) is 77.5 Å². The van der Waals surface area contributed by atoms with E-state index in [1.54, 1.807) is 0 Å². The summed E-state index contributed by atoms with van der Waals surface area (Å²) in [5.74, 6) is 1.05. The predicted octanol–water partition coefficient (Wildman–Crippen LogP) is 3.03. The second kappa shape index (κ2) is 7.38. The highest BCUT2D eigenvalue weighted by Gasteiger charge is 2.23. The van der Waals surface area contributed by atoms with Crippen molar-refractivity contribution in [2.45, 2.75) is 64.3 Å². The molecule has 2 saturated carbocycles. The van der Waals surface area contributed by atoms with Crippen molar-refractivity contribution in [3.8, 4) is 0 Å². The second-order valence-corrected chi connectivity index (χ2v) is 5.98. The van der Waals surface area contributed by atoms with Crippen LogP contribution < -0.4 is 5.32 Å². The van der Waals surface area contributed by atoms with Gasteiger partial charge in [-0.05, 0) is 64.1 Å². The maximum atomic E-state index is 3.59. The highest BCUT2D eigenvalue weighted by molar-refractivity contribution is 4.80. The molecule has 0 radical (unpaired) electrons. The van der Waals surface area contributed by atoms with Crippen LogP contribution in [-0.2, 0) is 0 Å². The van der Waals surface area contributed by atoms with Crippen LogP contribution >= 0.6 is 0 Å². The molecule has 0 atom stereocenters. The van der Waals surface area contributed by atoms with E-state index in [0.717, 1.165) is 12.0 Å². The normalized spacial score (nSPS) is 20.1. The van der Waals surface area contributed by atoms with Crippen LogP contribution in [0.25, 0.3) is 0 Å². The minimum atomic E-state index is 0.893. The van der Waals surface area contributed by atoms with Crippen LogP contribution in [0.5, 0.6) is 0 Å². The van der Waals surface area contributed by atoms with Gasteiger partial charge in [0.25, 0.3) is 0 Å². The average molecular weight is 238 g/mol. The molecular formula is C15H30N2. The Morgan fingerprint density at radius 3 is 2.41 bits per heavy atom. The van der Waals surface area contributed by atoms with E-state index in [9.17, 15) is 0 Å². The summed E-state index contributed by atoms with van der Waals surface area (Å²) < 4.78 is 0. The molecule has 0 amide bonds. The monoisotopic (exact) mass is 238 g/mol. The van der Waals surface area contributed by atoms with Crippen molar-refractivity contribution in [2.24, 2.45) is 5.92 Å². The Balaban J connectivity index is 1.35. The second-order valence-electron chi connectivity index (χ2n) is 5.98. The Labute approximate surface area is 107 Å². The van der Waals surface area contributed by atoms with Crippen molar-refractivity contribution < 1.29 is 0 Å². The summed E-state index contributed by atoms with van der Waals surface area (Å²) in [6.45, 7) is 7.52. The van der Waals surface area contributed by atoms with E-state index in [1.807, 2.05) is 0 Å². The van der Waals surface area contributed by atoms with Crippen LogP contribution in [0.15, 0.2) is 0 Å². The average Bonchev–Trinajstić information content (AvgIpc) is 3.20. The fourth-order valence-electron chi connectivity index (χ4n) is 2.45. The molecule has 0 unspecified atom stereocenters. The van der Waals surface area contributed by atoms with Gasteiger partial charge >= 0.3 is 0 Å². The van der Waals surface area contributed by atoms with Gasteiger partial charge in [-0.15, -0.1) is 0 Å². The Morgan fingerprint density at radius 1 is 1.00 bits per heavy atom. The number of unbranched alkanes of at least 4 members (excludes halogenated alkanes) is 3. The molecular weight excluding hydrogens is 208 g/mol. The van der Waals surface area contributed by atoms with Crippen LogP contribution in [-0.4, -0.2) is 37.1 Å². The van der Waals surface area contributed by atoms with E-state index < -0.39 is 0 Å². The highest BCUT2D eigenvalue weighted by atomic mass is 15.1. The van der Waals surface area contributed by atoms with Crippen LogP contribution in [0, 0.1) is 5.92 Å². The molecule has 0 saturated heterocycles. The van der Waals surface area contributed by atoms with Crippen LogP contribution in [0.1, 0.15) is 58.3 Å². The Bertz CT molecular complexity index is 197. The summed E-state index contributed by atoms with van der Waals surface area (Å²) in [6, 6.07) is 0.893. The Hall–Kier alpha value is -0.0800. The first kappa shape index (κ1) is 13.4. The lowest BCUT2D eigenvalue weighted by Gasteiger charge is -2.19. The molecule has 0 spiro atoms. The van der Waals surface area contributed by atoms with Gasteiger partial charge in [-0.3, -0.25) is 0 Å². The van der Waals surface area contributed by atoms with Crippen molar-refractivity contribution in [1.29, 1.82) is 0 Å². The minimum absolute atomic E-state index is 0.893. The Morgan fingerprint density at radius 2 is 1.76 bits per heavy atom. The molecule has 0 aromatic rings. The smallest absolute Gasteiger partial charge is 0.00682 e. The largest absolute Gasteiger partial charge is 0.314 e. The molecule has 2 heteroatoms. The van der Waals surface area contributed by atoms with Gasteiger partial charge in [-0.25, -0.2) is 0 Å². The summed E-state index contributed by atoms with van der Waals surface area (Å²) in [6.07, 6.45) is 11.5. The van der Waals surface area contributed by atoms with Crippen molar-refractivity contribution in [2.75, 3.05) is 26.2 Å². The maximum Gasteiger partial charge on any atom is 0.00682 e. The zero-order valence-corrected chi connectivity index (χ0v) is 11.6. The summed E-state index contributed by atoms with van der Waals surface area (Å²) in [5, 5.41) is 3.59. The molecule has 2 rings (SSSR count). The third-order valence-electron chi connectivity index (χ3n) is 4.07. The van der Waals surface area contributed by atoms with Crippen LogP contribution in [0.4, 0.5) is 0 Å². The van der Waals surface area contributed by atoms with Crippen LogP contribution in [0.2, 0.25) is 0 Å². The standard InChI is InChI=1S/C15H30N2/c1-2-17(13-14-7-8-14)12-6-4-3-5-11-16-15-9-10-15/h14-16H,2-13H2,1H3. The molecule has 2 nitrogen and oxygen atoms in total. The minimum Gasteiger partial charge on any atom is -0.314 e. The Kier molecular flexibility index (Phi) is 5.79. The molecule has 17 heavy (non-hydrogen) atoms. The summed E-state index contributed by atoms with van der Waals surface area (Å²) in [4.78, 5) is 2.65. The lowest BCUT2D eigenvalue weighted by atomic mass is 10.2. The van der Waals surface area contributed by atoms with Gasteiger partial charge < -0.3 is 10.2 Å². The van der Waals surface area contributed by atoms with E-state index in [4.69, 9.17) is 0 Å². The fourth-order valence-corrected chi connectivity index (χ4v) is 2.45. The topological polar surface area (TPSA) is 15.3 Å². The third kappa shape index (κ3) is 6.42. The van der Waals surface area contributed by atoms with Gasteiger partial charge in [-0.1, -0.05) is 19.8 Å². The summed E-state index contributed by atoms with van der Waals surface area (Å²) in [5.41, 5.74) is 0. The molecule has 0 bridgehead atoms. The van der Waals surface area contributed by atoms with Gasteiger partial charge in [0.05, 0.1) is 0 Å². The molecule has 0 aromatic heterocycles. The zero-order chi connectivity index (χ0) is 11.9. The van der Waals surface area contributed by atoms with Crippen molar-refractivity contribution in [1.82, 2.24) is 10.2 Å². The first-order valence-electron chi connectivity index (χ1n) is 7.84.